The number of nitrogens with one attached hydrogen (secondary N) is 2. The van der Waals surface area contributed by atoms with Crippen LogP contribution >= 0.6 is 11.6 Å². The van der Waals surface area contributed by atoms with Gasteiger partial charge in [0.05, 0.1) is 28.9 Å². The number of carbonyl (C=O) groups is 1. The molecule has 1 amide bonds. The second kappa shape index (κ2) is 11.4. The van der Waals surface area contributed by atoms with E-state index in [0.29, 0.717) is 10.9 Å². The highest BCUT2D eigenvalue weighted by Gasteiger charge is 2.27. The number of nitrogens with zero attached hydrogens (tertiary/aromatic N) is 6. The molecule has 1 aliphatic rings. The van der Waals surface area contributed by atoms with Gasteiger partial charge in [-0.2, -0.15) is 5.10 Å². The van der Waals surface area contributed by atoms with Gasteiger partial charge in [0, 0.05) is 50.9 Å². The van der Waals surface area contributed by atoms with Crippen LogP contribution in [0.3, 0.4) is 0 Å². The van der Waals surface area contributed by atoms with E-state index in [1.165, 1.54) is 6.07 Å². The minimum absolute atomic E-state index is 0.0387. The Morgan fingerprint density at radius 1 is 1.12 bits per heavy atom. The highest BCUT2D eigenvalue weighted by atomic mass is 35.5. The molecule has 0 radical (unpaired) electrons. The Balaban J connectivity index is 1.49. The van der Waals surface area contributed by atoms with E-state index in [4.69, 9.17) is 16.6 Å². The maximum atomic E-state index is 13.6. The Morgan fingerprint density at radius 2 is 1.83 bits per heavy atom. The number of amides is 1. The van der Waals surface area contributed by atoms with E-state index in [2.05, 4.69) is 20.3 Å². The van der Waals surface area contributed by atoms with Crippen LogP contribution in [0.5, 0.6) is 0 Å². The second-order valence-electron chi connectivity index (χ2n) is 10.8. The van der Waals surface area contributed by atoms with Crippen molar-refractivity contribution in [1.82, 2.24) is 29.0 Å². The fourth-order valence-electron chi connectivity index (χ4n) is 5.46. The van der Waals surface area contributed by atoms with Crippen molar-refractivity contribution in [3.8, 4) is 0 Å². The summed E-state index contributed by atoms with van der Waals surface area (Å²) in [7, 11) is -0.157. The Bertz CT molecular complexity index is 1840. The SMILES string of the molecule is Cc1cc([C@@H](C)Nc2ccc(Cl)nc2C(=O)NS(C)(=O)=O)c2nc(C3CCN(c4ccn(C)n4)CC3)n(C)c(=O)c2c1. The summed E-state index contributed by atoms with van der Waals surface area (Å²) in [6, 6.07) is 8.43. The van der Waals surface area contributed by atoms with Gasteiger partial charge in [-0.3, -0.25) is 18.8 Å². The van der Waals surface area contributed by atoms with Crippen molar-refractivity contribution >= 4 is 49.9 Å². The van der Waals surface area contributed by atoms with E-state index in [1.54, 1.807) is 22.4 Å². The number of aromatic nitrogens is 5. The van der Waals surface area contributed by atoms with Crippen LogP contribution in [0, 0.1) is 6.92 Å². The molecular formula is C28H33ClN8O4S. The lowest BCUT2D eigenvalue weighted by molar-refractivity contribution is 0.0977. The van der Waals surface area contributed by atoms with Crippen LogP contribution in [0.1, 0.15) is 59.2 Å². The molecule has 0 aliphatic carbocycles. The van der Waals surface area contributed by atoms with E-state index >= 15 is 0 Å². The van der Waals surface area contributed by atoms with E-state index in [9.17, 15) is 18.0 Å². The average Bonchev–Trinajstić information content (AvgIpc) is 3.37. The Labute approximate surface area is 248 Å². The summed E-state index contributed by atoms with van der Waals surface area (Å²) in [6.45, 7) is 5.39. The fraction of sp³-hybridized carbons (Fsp3) is 0.393. The van der Waals surface area contributed by atoms with Crippen LogP contribution in [0.15, 0.2) is 41.3 Å². The van der Waals surface area contributed by atoms with Crippen LogP contribution in [-0.2, 0) is 24.1 Å². The molecule has 1 fully saturated rings. The lowest BCUT2D eigenvalue weighted by Gasteiger charge is -2.32. The largest absolute Gasteiger partial charge is 0.377 e. The quantitative estimate of drug-likeness (QED) is 0.300. The van der Waals surface area contributed by atoms with Gasteiger partial charge in [0.1, 0.15) is 11.0 Å². The second-order valence-corrected chi connectivity index (χ2v) is 12.9. The van der Waals surface area contributed by atoms with Crippen LogP contribution < -0.4 is 20.5 Å². The van der Waals surface area contributed by atoms with Crippen LogP contribution in [0.25, 0.3) is 10.9 Å². The molecule has 4 heterocycles. The summed E-state index contributed by atoms with van der Waals surface area (Å²) in [5.74, 6) is 0.855. The topological polar surface area (TPSA) is 144 Å². The minimum atomic E-state index is -3.82. The summed E-state index contributed by atoms with van der Waals surface area (Å²) in [4.78, 5) is 37.7. The van der Waals surface area contributed by atoms with Gasteiger partial charge < -0.3 is 10.2 Å². The van der Waals surface area contributed by atoms with Crippen molar-refractivity contribution in [3.05, 3.63) is 74.7 Å². The molecule has 3 aromatic heterocycles. The Morgan fingerprint density at radius 3 is 2.48 bits per heavy atom. The van der Waals surface area contributed by atoms with E-state index in [0.717, 1.165) is 55.0 Å². The molecule has 5 rings (SSSR count). The highest BCUT2D eigenvalue weighted by Crippen LogP contribution is 2.32. The number of carbonyl (C=O) groups excluding carboxylic acids is 1. The third kappa shape index (κ3) is 6.12. The van der Waals surface area contributed by atoms with Gasteiger partial charge in [-0.05, 0) is 50.5 Å². The average molecular weight is 613 g/mol. The van der Waals surface area contributed by atoms with Crippen molar-refractivity contribution in [2.45, 2.75) is 38.6 Å². The molecule has 4 aromatic rings. The van der Waals surface area contributed by atoms with E-state index in [1.807, 2.05) is 50.0 Å². The lowest BCUT2D eigenvalue weighted by Crippen LogP contribution is -2.35. The number of halogens is 1. The summed E-state index contributed by atoms with van der Waals surface area (Å²) < 4.78 is 28.8. The number of fused-ring (bicyclic) bond motifs is 1. The Kier molecular flexibility index (Phi) is 7.99. The van der Waals surface area contributed by atoms with Crippen LogP contribution in [0.2, 0.25) is 5.15 Å². The summed E-state index contributed by atoms with van der Waals surface area (Å²) in [5.41, 5.74) is 2.22. The normalized spacial score (nSPS) is 15.1. The maximum Gasteiger partial charge on any atom is 0.285 e. The molecule has 0 unspecified atom stereocenters. The van der Waals surface area contributed by atoms with Crippen molar-refractivity contribution in [2.75, 3.05) is 29.6 Å². The van der Waals surface area contributed by atoms with Gasteiger partial charge in [-0.25, -0.2) is 23.1 Å². The van der Waals surface area contributed by atoms with Crippen molar-refractivity contribution in [1.29, 1.82) is 0 Å². The molecule has 1 aromatic carbocycles. The molecule has 222 valence electrons. The molecule has 1 saturated heterocycles. The highest BCUT2D eigenvalue weighted by molar-refractivity contribution is 7.89. The first-order valence-electron chi connectivity index (χ1n) is 13.5. The van der Waals surface area contributed by atoms with Gasteiger partial charge in [-0.1, -0.05) is 17.7 Å². The van der Waals surface area contributed by atoms with Gasteiger partial charge in [0.2, 0.25) is 10.0 Å². The van der Waals surface area contributed by atoms with Gasteiger partial charge in [-0.15, -0.1) is 0 Å². The van der Waals surface area contributed by atoms with Gasteiger partial charge >= 0.3 is 0 Å². The molecule has 14 heteroatoms. The summed E-state index contributed by atoms with van der Waals surface area (Å²) in [6.07, 6.45) is 4.46. The molecule has 0 spiro atoms. The number of hydrogen-bond acceptors (Lipinski definition) is 9. The number of piperidine rings is 1. The first-order chi connectivity index (χ1) is 19.8. The maximum absolute atomic E-state index is 13.6. The molecule has 0 bridgehead atoms. The molecular weight excluding hydrogens is 580 g/mol. The molecule has 42 heavy (non-hydrogen) atoms. The van der Waals surface area contributed by atoms with E-state index in [-0.39, 0.29) is 28.0 Å². The van der Waals surface area contributed by atoms with Gasteiger partial charge in [0.15, 0.2) is 11.5 Å². The predicted octanol–water partition coefficient (Wildman–Crippen LogP) is 3.27. The lowest BCUT2D eigenvalue weighted by atomic mass is 9.94. The number of rotatable bonds is 7. The minimum Gasteiger partial charge on any atom is -0.377 e. The monoisotopic (exact) mass is 612 g/mol. The number of aryl methyl sites for hydroxylation is 2. The molecule has 0 saturated carbocycles. The smallest absolute Gasteiger partial charge is 0.285 e. The molecule has 12 nitrogen and oxygen atoms in total. The van der Waals surface area contributed by atoms with Gasteiger partial charge in [0.25, 0.3) is 11.5 Å². The summed E-state index contributed by atoms with van der Waals surface area (Å²) >= 11 is 6.03. The number of hydrogen-bond donors (Lipinski definition) is 2. The molecule has 1 atom stereocenters. The standard InChI is InChI=1S/C28H33ClN8O4S/c1-16-14-19(17(2)30-21-6-7-22(29)31-25(21)27(38)34-42(5,40)41)24-20(15-16)28(39)36(4)26(32-24)18-8-12-37(13-9-18)23-10-11-35(3)33-23/h6-7,10-11,14-15,17-18,30H,8-9,12-13H2,1-5H3,(H,34,38)/t17-/m1/s1. The Hall–Kier alpha value is -3.97. The summed E-state index contributed by atoms with van der Waals surface area (Å²) in [5, 5.41) is 8.31. The third-order valence-corrected chi connectivity index (χ3v) is 8.23. The van der Waals surface area contributed by atoms with E-state index < -0.39 is 22.0 Å². The van der Waals surface area contributed by atoms with Crippen LogP contribution in [-0.4, -0.2) is 58.0 Å². The zero-order valence-corrected chi connectivity index (χ0v) is 25.6. The molecule has 1 aliphatic heterocycles. The zero-order chi connectivity index (χ0) is 30.3. The van der Waals surface area contributed by atoms with Crippen molar-refractivity contribution in [2.24, 2.45) is 14.1 Å². The number of benzene rings is 1. The number of sulfonamides is 1. The first-order valence-corrected chi connectivity index (χ1v) is 15.8. The molecule has 2 N–H and O–H groups in total. The third-order valence-electron chi connectivity index (χ3n) is 7.47. The number of pyridine rings is 1. The number of anilines is 2. The fourth-order valence-corrected chi connectivity index (χ4v) is 6.04. The first kappa shape index (κ1) is 29.5. The van der Waals surface area contributed by atoms with Crippen molar-refractivity contribution in [3.63, 3.8) is 0 Å². The van der Waals surface area contributed by atoms with Crippen LogP contribution in [0.4, 0.5) is 11.5 Å². The zero-order valence-electron chi connectivity index (χ0n) is 24.0. The predicted molar refractivity (Wildman–Crippen MR) is 163 cm³/mol. The van der Waals surface area contributed by atoms with Crippen molar-refractivity contribution < 1.29 is 13.2 Å².